The second-order valence-corrected chi connectivity index (χ2v) is 7.93. The molecule has 1 heterocycles. The zero-order chi connectivity index (χ0) is 20.7. The van der Waals surface area contributed by atoms with Gasteiger partial charge in [0, 0.05) is 0 Å². The zero-order valence-corrected chi connectivity index (χ0v) is 17.4. The summed E-state index contributed by atoms with van der Waals surface area (Å²) in [5.41, 5.74) is 16.9. The molecule has 1 fully saturated rings. The van der Waals surface area contributed by atoms with Crippen molar-refractivity contribution in [3.8, 4) is 0 Å². The molecule has 0 aromatic carbocycles. The van der Waals surface area contributed by atoms with Crippen molar-refractivity contribution in [3.63, 3.8) is 0 Å². The van der Waals surface area contributed by atoms with Gasteiger partial charge in [0.05, 0.1) is 6.04 Å². The fraction of sp³-hybridized carbons (Fsp3) is 0.667. The van der Waals surface area contributed by atoms with Gasteiger partial charge >= 0.3 is 0 Å². The number of nitrogens with one attached hydrogen (secondary N) is 1. The highest BCUT2D eigenvalue weighted by atomic mass is 35.5. The number of carbonyl (C=O) groups is 1. The molecule has 10 heteroatoms. The van der Waals surface area contributed by atoms with Crippen LogP contribution in [0.2, 0.25) is 5.15 Å². The molecule has 0 unspecified atom stereocenters. The maximum absolute atomic E-state index is 12.3. The fourth-order valence-electron chi connectivity index (χ4n) is 3.44. The van der Waals surface area contributed by atoms with Crippen molar-refractivity contribution in [2.24, 2.45) is 16.6 Å². The summed E-state index contributed by atoms with van der Waals surface area (Å²) in [5, 5.41) is 2.41. The van der Waals surface area contributed by atoms with E-state index in [1.54, 1.807) is 0 Å². The maximum Gasteiger partial charge on any atom is 0.280 e. The lowest BCUT2D eigenvalue weighted by molar-refractivity contribution is 0.0972. The van der Waals surface area contributed by atoms with Crippen LogP contribution in [0.5, 0.6) is 0 Å². The molecule has 1 aliphatic rings. The van der Waals surface area contributed by atoms with Gasteiger partial charge in [-0.1, -0.05) is 24.4 Å². The number of amides is 1. The lowest BCUT2D eigenvalue weighted by atomic mass is 9.83. The minimum Gasteiger partial charge on any atom is -0.382 e. The number of rotatable bonds is 7. The molecule has 2 rings (SSSR count). The van der Waals surface area contributed by atoms with E-state index in [1.807, 2.05) is 0 Å². The predicted molar refractivity (Wildman–Crippen MR) is 113 cm³/mol. The molecular formula is C18H31ClN8O. The van der Waals surface area contributed by atoms with E-state index < -0.39 is 5.91 Å². The summed E-state index contributed by atoms with van der Waals surface area (Å²) in [5.74, 6) is 0.0607. The zero-order valence-electron chi connectivity index (χ0n) is 16.6. The maximum atomic E-state index is 12.3. The molecule has 0 spiro atoms. The molecule has 156 valence electrons. The van der Waals surface area contributed by atoms with Crippen LogP contribution in [-0.2, 0) is 0 Å². The first-order chi connectivity index (χ1) is 13.3. The van der Waals surface area contributed by atoms with Crippen molar-refractivity contribution in [3.05, 3.63) is 10.8 Å². The summed E-state index contributed by atoms with van der Waals surface area (Å²) >= 11 is 5.80. The number of hydrogen-bond donors (Lipinski definition) is 4. The molecule has 0 saturated heterocycles. The second kappa shape index (κ2) is 10.4. The largest absolute Gasteiger partial charge is 0.382 e. The molecule has 1 aromatic heterocycles. The van der Waals surface area contributed by atoms with Crippen molar-refractivity contribution < 1.29 is 4.79 Å². The van der Waals surface area contributed by atoms with Crippen molar-refractivity contribution in [1.82, 2.24) is 20.2 Å². The number of nitrogens with two attached hydrogens (primary N) is 3. The van der Waals surface area contributed by atoms with Crippen LogP contribution in [-0.4, -0.2) is 53.4 Å². The molecule has 0 atom stereocenters. The van der Waals surface area contributed by atoms with Crippen LogP contribution in [0.25, 0.3) is 0 Å². The normalized spacial score (nSPS) is 20.4. The van der Waals surface area contributed by atoms with Gasteiger partial charge < -0.3 is 22.1 Å². The van der Waals surface area contributed by atoms with Gasteiger partial charge in [0.25, 0.3) is 5.91 Å². The summed E-state index contributed by atoms with van der Waals surface area (Å²) in [7, 11) is 4.21. The molecule has 1 aliphatic carbocycles. The quantitative estimate of drug-likeness (QED) is 0.303. The van der Waals surface area contributed by atoms with Gasteiger partial charge in [-0.2, -0.15) is 0 Å². The highest BCUT2D eigenvalue weighted by Gasteiger charge is 2.22. The molecule has 7 N–H and O–H groups in total. The van der Waals surface area contributed by atoms with Crippen LogP contribution in [0.1, 0.15) is 55.4 Å². The summed E-state index contributed by atoms with van der Waals surface area (Å²) in [6.07, 6.45) is 8.01. The van der Waals surface area contributed by atoms with Crippen LogP contribution >= 0.6 is 11.6 Å². The Morgan fingerprint density at radius 3 is 2.50 bits per heavy atom. The Morgan fingerprint density at radius 1 is 1.18 bits per heavy atom. The Bertz CT molecular complexity index is 701. The molecule has 0 bridgehead atoms. The second-order valence-electron chi connectivity index (χ2n) is 7.58. The van der Waals surface area contributed by atoms with Gasteiger partial charge in [-0.25, -0.2) is 15.0 Å². The van der Waals surface area contributed by atoms with Crippen LogP contribution in [0.3, 0.4) is 0 Å². The lowest BCUT2D eigenvalue weighted by Crippen LogP contribution is -2.39. The number of aliphatic imine (C=N–C) groups is 1. The van der Waals surface area contributed by atoms with E-state index in [0.717, 1.165) is 38.1 Å². The van der Waals surface area contributed by atoms with Crippen molar-refractivity contribution in [2.75, 3.05) is 32.1 Å². The minimum atomic E-state index is -0.609. The topological polar surface area (TPSA) is 149 Å². The van der Waals surface area contributed by atoms with Crippen LogP contribution < -0.4 is 22.5 Å². The number of halogens is 1. The average Bonchev–Trinajstić information content (AvgIpc) is 2.62. The number of hydrogen-bond acceptors (Lipinski definition) is 7. The van der Waals surface area contributed by atoms with Crippen molar-refractivity contribution in [2.45, 2.75) is 51.0 Å². The van der Waals surface area contributed by atoms with Crippen LogP contribution in [0, 0.1) is 5.92 Å². The lowest BCUT2D eigenvalue weighted by Gasteiger charge is -2.26. The summed E-state index contributed by atoms with van der Waals surface area (Å²) in [4.78, 5) is 26.6. The smallest absolute Gasteiger partial charge is 0.280 e. The van der Waals surface area contributed by atoms with E-state index in [9.17, 15) is 4.79 Å². The van der Waals surface area contributed by atoms with Gasteiger partial charge in [-0.3, -0.25) is 10.1 Å². The highest BCUT2D eigenvalue weighted by Crippen LogP contribution is 2.29. The third-order valence-electron chi connectivity index (χ3n) is 4.97. The number of carbonyl (C=O) groups excluding carboxylic acids is 1. The standard InChI is InChI=1S/C18H31ClN8O/c1-27(2)10-4-3-5-11-6-8-12(9-7-11)23-18(22)26-17(28)13-15(20)25-16(21)14(19)24-13/h11-12H,3-10H2,1-2H3,(H4,20,21,25)(H3,22,23,26,28). The third kappa shape index (κ3) is 6.79. The summed E-state index contributed by atoms with van der Waals surface area (Å²) in [6, 6.07) is 0.122. The Hall–Kier alpha value is -2.13. The highest BCUT2D eigenvalue weighted by molar-refractivity contribution is 6.31. The molecule has 28 heavy (non-hydrogen) atoms. The van der Waals surface area contributed by atoms with Gasteiger partial charge in [-0.05, 0) is 58.7 Å². The SMILES string of the molecule is CN(C)CCCCC1CCC(N=C(N)NC(=O)c2nc(Cl)c(N)nc2N)CC1. The molecule has 0 radical (unpaired) electrons. The van der Waals surface area contributed by atoms with Crippen LogP contribution in [0.15, 0.2) is 4.99 Å². The van der Waals surface area contributed by atoms with E-state index in [1.165, 1.54) is 19.3 Å². The van der Waals surface area contributed by atoms with Gasteiger partial charge in [-0.15, -0.1) is 0 Å². The van der Waals surface area contributed by atoms with Crippen LogP contribution in [0.4, 0.5) is 11.6 Å². The van der Waals surface area contributed by atoms with E-state index in [4.69, 9.17) is 28.8 Å². The number of nitrogen functional groups attached to an aromatic ring is 2. The molecular weight excluding hydrogens is 380 g/mol. The molecule has 1 aromatic rings. The van der Waals surface area contributed by atoms with E-state index >= 15 is 0 Å². The number of guanidine groups is 1. The first kappa shape index (κ1) is 22.2. The Labute approximate surface area is 171 Å². The van der Waals surface area contributed by atoms with Crippen molar-refractivity contribution in [1.29, 1.82) is 0 Å². The average molecular weight is 411 g/mol. The fourth-order valence-corrected chi connectivity index (χ4v) is 3.56. The Kier molecular flexibility index (Phi) is 8.25. The Balaban J connectivity index is 1.80. The summed E-state index contributed by atoms with van der Waals surface area (Å²) < 4.78 is 0. The van der Waals surface area contributed by atoms with E-state index in [2.05, 4.69) is 39.3 Å². The predicted octanol–water partition coefficient (Wildman–Crippen LogP) is 1.63. The molecule has 9 nitrogen and oxygen atoms in total. The number of unbranched alkanes of at least 4 members (excludes halogenated alkanes) is 1. The first-order valence-electron chi connectivity index (χ1n) is 9.64. The third-order valence-corrected chi connectivity index (χ3v) is 5.25. The minimum absolute atomic E-state index is 0.0316. The van der Waals surface area contributed by atoms with Gasteiger partial charge in [0.15, 0.2) is 28.4 Å². The number of anilines is 2. The molecule has 1 saturated carbocycles. The molecule has 0 aliphatic heterocycles. The van der Waals surface area contributed by atoms with Crippen molar-refractivity contribution >= 4 is 35.1 Å². The Morgan fingerprint density at radius 2 is 1.86 bits per heavy atom. The van der Waals surface area contributed by atoms with E-state index in [-0.39, 0.29) is 34.5 Å². The van der Waals surface area contributed by atoms with E-state index in [0.29, 0.717) is 0 Å². The van der Waals surface area contributed by atoms with Gasteiger partial charge in [0.2, 0.25) is 0 Å². The molecule has 1 amide bonds. The number of aromatic nitrogens is 2. The first-order valence-corrected chi connectivity index (χ1v) is 10.0. The monoisotopic (exact) mass is 410 g/mol. The number of nitrogens with zero attached hydrogens (tertiary/aromatic N) is 4. The van der Waals surface area contributed by atoms with Gasteiger partial charge in [0.1, 0.15) is 0 Å². The summed E-state index contributed by atoms with van der Waals surface area (Å²) in [6.45, 7) is 1.14.